The van der Waals surface area contributed by atoms with Crippen molar-refractivity contribution in [2.75, 3.05) is 5.73 Å². The van der Waals surface area contributed by atoms with Crippen molar-refractivity contribution >= 4 is 17.4 Å². The first-order valence-corrected chi connectivity index (χ1v) is 10.3. The van der Waals surface area contributed by atoms with Crippen LogP contribution in [0, 0.1) is 22.2 Å². The number of nitrogen functional groups attached to an aromatic ring is 1. The molecule has 1 amide bonds. The first-order valence-electron chi connectivity index (χ1n) is 10.3. The zero-order valence-corrected chi connectivity index (χ0v) is 18.2. The minimum absolute atomic E-state index is 0.0218. The number of amides is 1. The number of anilines is 1. The van der Waals surface area contributed by atoms with E-state index >= 15 is 0 Å². The second-order valence-electron chi connectivity index (χ2n) is 8.60. The SMILES string of the molecule is CC(C(=O)N/C(O)=C/C(=N)C1(C)CC1)c1ccc(-c2nn(C(C)C)c(N)c2C#N)cc1. The van der Waals surface area contributed by atoms with Gasteiger partial charge >= 0.3 is 0 Å². The number of nitrogens with two attached hydrogens (primary N) is 1. The average molecular weight is 421 g/mol. The van der Waals surface area contributed by atoms with Crippen molar-refractivity contribution in [1.29, 1.82) is 10.7 Å². The molecule has 3 rings (SSSR count). The molecule has 0 bridgehead atoms. The lowest BCUT2D eigenvalue weighted by molar-refractivity contribution is -0.122. The topological polar surface area (TPSA) is 141 Å². The van der Waals surface area contributed by atoms with Crippen molar-refractivity contribution in [2.24, 2.45) is 5.41 Å². The van der Waals surface area contributed by atoms with Gasteiger partial charge in [-0.15, -0.1) is 0 Å². The number of hydrogen-bond donors (Lipinski definition) is 4. The van der Waals surface area contributed by atoms with Crippen LogP contribution in [0.25, 0.3) is 11.3 Å². The Kier molecular flexibility index (Phi) is 5.89. The molecule has 0 spiro atoms. The van der Waals surface area contributed by atoms with Crippen LogP contribution in [0.5, 0.6) is 0 Å². The molecule has 31 heavy (non-hydrogen) atoms. The molecule has 1 fully saturated rings. The zero-order valence-electron chi connectivity index (χ0n) is 18.2. The van der Waals surface area contributed by atoms with E-state index in [1.807, 2.05) is 20.8 Å². The average Bonchev–Trinajstić information content (AvgIpc) is 3.39. The second kappa shape index (κ2) is 8.26. The lowest BCUT2D eigenvalue weighted by Crippen LogP contribution is -2.28. The van der Waals surface area contributed by atoms with E-state index in [9.17, 15) is 15.2 Å². The van der Waals surface area contributed by atoms with E-state index in [4.69, 9.17) is 11.1 Å². The Labute approximate surface area is 181 Å². The van der Waals surface area contributed by atoms with Crippen molar-refractivity contribution in [3.8, 4) is 17.3 Å². The summed E-state index contributed by atoms with van der Waals surface area (Å²) in [6.45, 7) is 7.57. The highest BCUT2D eigenvalue weighted by Gasteiger charge is 2.41. The van der Waals surface area contributed by atoms with Crippen LogP contribution in [-0.2, 0) is 4.79 Å². The zero-order chi connectivity index (χ0) is 22.9. The maximum absolute atomic E-state index is 12.5. The summed E-state index contributed by atoms with van der Waals surface area (Å²) in [6, 6.07) is 9.32. The molecule has 0 aliphatic heterocycles. The molecule has 1 aromatic heterocycles. The molecular weight excluding hydrogens is 392 g/mol. The molecule has 1 saturated carbocycles. The number of hydrogen-bond acceptors (Lipinski definition) is 6. The van der Waals surface area contributed by atoms with Gasteiger partial charge in [-0.2, -0.15) is 10.4 Å². The van der Waals surface area contributed by atoms with Crippen molar-refractivity contribution in [2.45, 2.75) is 52.5 Å². The molecule has 0 radical (unpaired) electrons. The van der Waals surface area contributed by atoms with Crippen LogP contribution in [0.3, 0.4) is 0 Å². The monoisotopic (exact) mass is 420 g/mol. The number of aromatic nitrogens is 2. The Balaban J connectivity index is 1.75. The highest BCUT2D eigenvalue weighted by molar-refractivity contribution is 5.99. The van der Waals surface area contributed by atoms with Gasteiger partial charge < -0.3 is 16.2 Å². The summed E-state index contributed by atoms with van der Waals surface area (Å²) in [5, 5.41) is 34.5. The third-order valence-corrected chi connectivity index (χ3v) is 5.81. The summed E-state index contributed by atoms with van der Waals surface area (Å²) in [5.74, 6) is -0.887. The van der Waals surface area contributed by atoms with E-state index in [1.54, 1.807) is 35.9 Å². The maximum atomic E-state index is 12.5. The number of aliphatic hydroxyl groups is 1. The first kappa shape index (κ1) is 22.1. The number of carbonyl (C=O) groups is 1. The smallest absolute Gasteiger partial charge is 0.233 e. The van der Waals surface area contributed by atoms with Crippen LogP contribution >= 0.6 is 0 Å². The highest BCUT2D eigenvalue weighted by Crippen LogP contribution is 2.46. The van der Waals surface area contributed by atoms with Crippen molar-refractivity contribution in [3.05, 3.63) is 47.4 Å². The fourth-order valence-electron chi connectivity index (χ4n) is 3.27. The van der Waals surface area contributed by atoms with Gasteiger partial charge in [0.15, 0.2) is 5.88 Å². The van der Waals surface area contributed by atoms with E-state index in [1.165, 1.54) is 6.08 Å². The highest BCUT2D eigenvalue weighted by atomic mass is 16.3. The number of benzene rings is 1. The fraction of sp³-hybridized carbons (Fsp3) is 0.391. The molecule has 162 valence electrons. The van der Waals surface area contributed by atoms with Crippen molar-refractivity contribution in [1.82, 2.24) is 15.1 Å². The minimum atomic E-state index is -0.524. The predicted molar refractivity (Wildman–Crippen MR) is 120 cm³/mol. The standard InChI is InChI=1S/C23H28N6O2/c1-13(2)29-21(26)17(12-24)20(28-29)16-7-5-15(6-8-16)14(3)22(31)27-19(30)11-18(25)23(4)9-10-23/h5-8,11,13-14,25,30H,9-10,26H2,1-4H3,(H,27,31)/b19-11-,25-18?. The summed E-state index contributed by atoms with van der Waals surface area (Å²) >= 11 is 0. The van der Waals surface area contributed by atoms with Gasteiger partial charge in [0.2, 0.25) is 5.91 Å². The number of allylic oxidation sites excluding steroid dienone is 1. The predicted octanol–water partition coefficient (Wildman–Crippen LogP) is 4.02. The summed E-state index contributed by atoms with van der Waals surface area (Å²) in [5.41, 5.74) is 8.50. The van der Waals surface area contributed by atoms with Gasteiger partial charge in [-0.05, 0) is 39.2 Å². The normalized spacial score (nSPS) is 15.9. The Hall–Kier alpha value is -3.60. The number of nitriles is 1. The maximum Gasteiger partial charge on any atom is 0.233 e. The number of carbonyl (C=O) groups excluding carboxylic acids is 1. The third kappa shape index (κ3) is 4.45. The summed E-state index contributed by atoms with van der Waals surface area (Å²) < 4.78 is 1.62. The number of rotatable bonds is 7. The van der Waals surface area contributed by atoms with Crippen LogP contribution in [0.4, 0.5) is 5.82 Å². The van der Waals surface area contributed by atoms with Gasteiger partial charge in [-0.25, -0.2) is 4.68 Å². The lowest BCUT2D eigenvalue weighted by atomic mass is 9.97. The van der Waals surface area contributed by atoms with Gasteiger partial charge in [0.25, 0.3) is 0 Å². The summed E-state index contributed by atoms with van der Waals surface area (Å²) in [7, 11) is 0. The lowest BCUT2D eigenvalue weighted by Gasteiger charge is -2.13. The molecule has 1 atom stereocenters. The van der Waals surface area contributed by atoms with E-state index in [-0.39, 0.29) is 23.2 Å². The Morgan fingerprint density at radius 1 is 1.35 bits per heavy atom. The quantitative estimate of drug-likeness (QED) is 0.395. The summed E-state index contributed by atoms with van der Waals surface area (Å²) in [4.78, 5) is 12.5. The molecule has 1 heterocycles. The van der Waals surface area contributed by atoms with Gasteiger partial charge in [-0.3, -0.25) is 10.1 Å². The molecule has 1 aliphatic rings. The Bertz CT molecular complexity index is 1080. The molecule has 1 aromatic carbocycles. The third-order valence-electron chi connectivity index (χ3n) is 5.81. The Morgan fingerprint density at radius 3 is 2.48 bits per heavy atom. The van der Waals surface area contributed by atoms with Gasteiger partial charge in [0.1, 0.15) is 23.1 Å². The molecule has 1 aliphatic carbocycles. The number of aliphatic hydroxyl groups excluding tert-OH is 1. The summed E-state index contributed by atoms with van der Waals surface area (Å²) in [6.07, 6.45) is 3.14. The molecule has 5 N–H and O–H groups in total. The first-order chi connectivity index (χ1) is 14.6. The molecule has 1 unspecified atom stereocenters. The van der Waals surface area contributed by atoms with Crippen LogP contribution in [0.2, 0.25) is 0 Å². The van der Waals surface area contributed by atoms with Gasteiger partial charge in [0.05, 0.1) is 5.92 Å². The molecule has 8 nitrogen and oxygen atoms in total. The van der Waals surface area contributed by atoms with E-state index in [0.29, 0.717) is 22.8 Å². The minimum Gasteiger partial charge on any atom is -0.494 e. The number of nitrogens with zero attached hydrogens (tertiary/aromatic N) is 3. The van der Waals surface area contributed by atoms with E-state index < -0.39 is 5.92 Å². The van der Waals surface area contributed by atoms with Crippen molar-refractivity contribution in [3.63, 3.8) is 0 Å². The van der Waals surface area contributed by atoms with Crippen LogP contribution in [-0.4, -0.2) is 26.5 Å². The van der Waals surface area contributed by atoms with E-state index in [2.05, 4.69) is 16.5 Å². The molecule has 0 saturated heterocycles. The second-order valence-corrected chi connectivity index (χ2v) is 8.60. The fourth-order valence-corrected chi connectivity index (χ4v) is 3.27. The molecule has 2 aromatic rings. The Morgan fingerprint density at radius 2 is 1.97 bits per heavy atom. The number of nitrogens with one attached hydrogen (secondary N) is 2. The largest absolute Gasteiger partial charge is 0.494 e. The van der Waals surface area contributed by atoms with Crippen molar-refractivity contribution < 1.29 is 9.90 Å². The molecular formula is C23H28N6O2. The van der Waals surface area contributed by atoms with Crippen LogP contribution < -0.4 is 11.1 Å². The van der Waals surface area contributed by atoms with E-state index in [0.717, 1.165) is 24.0 Å². The van der Waals surface area contributed by atoms with Crippen LogP contribution in [0.1, 0.15) is 63.6 Å². The van der Waals surface area contributed by atoms with Gasteiger partial charge in [-0.1, -0.05) is 31.2 Å². The molecule has 8 heteroatoms. The van der Waals surface area contributed by atoms with Crippen LogP contribution in [0.15, 0.2) is 36.2 Å². The van der Waals surface area contributed by atoms with Gasteiger partial charge in [0, 0.05) is 28.8 Å².